The van der Waals surface area contributed by atoms with Crippen molar-refractivity contribution in [1.82, 2.24) is 9.97 Å². The number of benzene rings is 4. The van der Waals surface area contributed by atoms with E-state index in [0.29, 0.717) is 22.7 Å². The second kappa shape index (κ2) is 15.6. The number of fused-ring (bicyclic) bond motifs is 3. The average Bonchev–Trinajstić information content (AvgIpc) is 3.47. The molecule has 1 radical (unpaired) electrons. The number of hydrogen-bond donors (Lipinski definition) is 0. The number of rotatable bonds is 6. The predicted molar refractivity (Wildman–Crippen MR) is 209 cm³/mol. The molecule has 0 aliphatic carbocycles. The molecule has 51 heavy (non-hydrogen) atoms. The van der Waals surface area contributed by atoms with E-state index in [9.17, 15) is 4.39 Å². The fourth-order valence-electron chi connectivity index (χ4n) is 6.41. The van der Waals surface area contributed by atoms with Crippen LogP contribution in [0, 0.1) is 30.3 Å². The third-order valence-electron chi connectivity index (χ3n) is 9.07. The van der Waals surface area contributed by atoms with Gasteiger partial charge in [-0.05, 0) is 51.7 Å². The summed E-state index contributed by atoms with van der Waals surface area (Å²) in [6.45, 7) is 17.7. The van der Waals surface area contributed by atoms with Crippen molar-refractivity contribution >= 4 is 35.2 Å². The van der Waals surface area contributed by atoms with Crippen molar-refractivity contribution in [3.05, 3.63) is 150 Å². The summed E-state index contributed by atoms with van der Waals surface area (Å²) in [5, 5.41) is 3.59. The minimum absolute atomic E-state index is 0. The van der Waals surface area contributed by atoms with Gasteiger partial charge < -0.3 is 14.4 Å². The van der Waals surface area contributed by atoms with Crippen LogP contribution < -0.4 is 5.19 Å². The average molecular weight is 869 g/mol. The predicted octanol–water partition coefficient (Wildman–Crippen LogP) is 11.7. The van der Waals surface area contributed by atoms with Crippen molar-refractivity contribution < 1.29 is 28.9 Å². The van der Waals surface area contributed by atoms with Gasteiger partial charge in [-0.3, -0.25) is 4.39 Å². The van der Waals surface area contributed by atoms with Crippen molar-refractivity contribution in [3.63, 3.8) is 0 Å². The molecule has 1 atom stereocenters. The second-order valence-electron chi connectivity index (χ2n) is 15.4. The molecule has 4 aromatic carbocycles. The molecular weight excluding hydrogens is 824 g/mol. The maximum atomic E-state index is 14.4. The van der Waals surface area contributed by atoms with Crippen LogP contribution >= 0.6 is 0 Å². The maximum absolute atomic E-state index is 14.4. The standard InChI is InChI=1S/C25H18NO.C20H27FNSi.Ir/c1-17(18-7-3-2-4-8-18)19-13-14-26-23(16-19)20-11-12-25-22(15-20)21-9-5-6-10-24(21)27-25;1-14-9-8-10-16(19(14)21)17-11-15(12-20(2,3)4)18(13-22-17)23(5,6)7;/h2-10,12-17H,1H3;8-9,11,13H,12H2,1-7H3;/q2*-1;. The zero-order chi connectivity index (χ0) is 35.6. The molecule has 3 nitrogen and oxygen atoms in total. The van der Waals surface area contributed by atoms with Gasteiger partial charge in [-0.15, -0.1) is 42.0 Å². The minimum atomic E-state index is -1.49. The fourth-order valence-corrected chi connectivity index (χ4v) is 7.99. The third-order valence-corrected chi connectivity index (χ3v) is 11.1. The first-order chi connectivity index (χ1) is 23.8. The summed E-state index contributed by atoms with van der Waals surface area (Å²) in [5.41, 5.74) is 9.50. The summed E-state index contributed by atoms with van der Waals surface area (Å²) in [4.78, 5) is 9.17. The van der Waals surface area contributed by atoms with E-state index in [0.717, 1.165) is 39.6 Å². The van der Waals surface area contributed by atoms with Gasteiger partial charge in [0.15, 0.2) is 0 Å². The molecule has 0 bridgehead atoms. The molecule has 0 saturated heterocycles. The molecule has 6 heteroatoms. The van der Waals surface area contributed by atoms with E-state index in [2.05, 4.69) is 124 Å². The Kier molecular flexibility index (Phi) is 11.6. The molecule has 3 aromatic heterocycles. The van der Waals surface area contributed by atoms with Crippen LogP contribution in [-0.2, 0) is 26.5 Å². The molecule has 7 aromatic rings. The van der Waals surface area contributed by atoms with Crippen molar-refractivity contribution in [2.75, 3.05) is 0 Å². The van der Waals surface area contributed by atoms with Gasteiger partial charge in [0.1, 0.15) is 5.58 Å². The Morgan fingerprint density at radius 1 is 0.804 bits per heavy atom. The Hall–Kier alpha value is -4.22. The molecular formula is C45H45FIrN2OSi-2. The Morgan fingerprint density at radius 3 is 2.25 bits per heavy atom. The summed E-state index contributed by atoms with van der Waals surface area (Å²) in [7, 11) is -1.49. The number of aromatic nitrogens is 2. The summed E-state index contributed by atoms with van der Waals surface area (Å²) < 4.78 is 20.3. The van der Waals surface area contributed by atoms with Crippen LogP contribution in [0.3, 0.4) is 0 Å². The van der Waals surface area contributed by atoms with Crippen molar-refractivity contribution in [2.24, 2.45) is 5.41 Å². The van der Waals surface area contributed by atoms with Gasteiger partial charge in [-0.25, -0.2) is 0 Å². The minimum Gasteiger partial charge on any atom is -0.500 e. The molecule has 3 heterocycles. The Morgan fingerprint density at radius 2 is 1.53 bits per heavy atom. The maximum Gasteiger partial charge on any atom is 0.120 e. The number of aryl methyl sites for hydroxylation is 1. The van der Waals surface area contributed by atoms with Gasteiger partial charge in [0.05, 0.1) is 13.7 Å². The fraction of sp³-hybridized carbons (Fsp3) is 0.244. The molecule has 0 fully saturated rings. The van der Waals surface area contributed by atoms with Gasteiger partial charge in [0.2, 0.25) is 0 Å². The van der Waals surface area contributed by atoms with Crippen LogP contribution in [0.25, 0.3) is 44.5 Å². The SMILES string of the molecule is CC(c1ccccc1)c1ccnc(-c2[c-]cc3oc4ccccc4c3c2)c1.Cc1cc[c-]c(-c2cc(CC(C)(C)C)c([Si](C)(C)C)cn2)c1F.[Ir]. The zero-order valence-electron chi connectivity index (χ0n) is 30.7. The molecule has 0 N–H and O–H groups in total. The van der Waals surface area contributed by atoms with Crippen molar-refractivity contribution in [1.29, 1.82) is 0 Å². The van der Waals surface area contributed by atoms with Crippen LogP contribution in [0.15, 0.2) is 114 Å². The summed E-state index contributed by atoms with van der Waals surface area (Å²) in [6, 6.07) is 38.9. The Balaban J connectivity index is 0.000000197. The number of nitrogens with zero attached hydrogens (tertiary/aromatic N) is 2. The van der Waals surface area contributed by atoms with Crippen LogP contribution in [0.1, 0.15) is 55.9 Å². The van der Waals surface area contributed by atoms with E-state index in [1.807, 2.05) is 42.7 Å². The molecule has 0 aliphatic heterocycles. The molecule has 0 spiro atoms. The van der Waals surface area contributed by atoms with Gasteiger partial charge in [0.25, 0.3) is 0 Å². The van der Waals surface area contributed by atoms with Crippen LogP contribution in [0.4, 0.5) is 4.39 Å². The number of pyridine rings is 2. The van der Waals surface area contributed by atoms with Crippen LogP contribution in [-0.4, -0.2) is 18.0 Å². The first-order valence-electron chi connectivity index (χ1n) is 17.3. The van der Waals surface area contributed by atoms with E-state index < -0.39 is 8.07 Å². The third kappa shape index (κ3) is 8.81. The number of hydrogen-bond acceptors (Lipinski definition) is 3. The van der Waals surface area contributed by atoms with Crippen LogP contribution in [0.2, 0.25) is 19.6 Å². The monoisotopic (exact) mass is 869 g/mol. The van der Waals surface area contributed by atoms with E-state index in [4.69, 9.17) is 4.42 Å². The number of furan rings is 1. The molecule has 0 aliphatic rings. The van der Waals surface area contributed by atoms with E-state index >= 15 is 0 Å². The number of halogens is 1. The molecule has 0 saturated carbocycles. The normalized spacial score (nSPS) is 12.3. The van der Waals surface area contributed by atoms with E-state index in [1.54, 1.807) is 19.1 Å². The quantitative estimate of drug-likeness (QED) is 0.123. The van der Waals surface area contributed by atoms with Gasteiger partial charge in [-0.1, -0.05) is 137 Å². The van der Waals surface area contributed by atoms with Crippen molar-refractivity contribution in [3.8, 4) is 22.5 Å². The topological polar surface area (TPSA) is 38.9 Å². The van der Waals surface area contributed by atoms with E-state index in [-0.39, 0.29) is 31.3 Å². The van der Waals surface area contributed by atoms with Gasteiger partial charge in [0, 0.05) is 49.6 Å². The smallest absolute Gasteiger partial charge is 0.120 e. The largest absolute Gasteiger partial charge is 0.500 e. The zero-order valence-corrected chi connectivity index (χ0v) is 34.1. The molecule has 0 amide bonds. The molecule has 7 rings (SSSR count). The summed E-state index contributed by atoms with van der Waals surface area (Å²) in [6.07, 6.45) is 4.82. The van der Waals surface area contributed by atoms with Crippen molar-refractivity contribution in [2.45, 2.75) is 66.6 Å². The first kappa shape index (κ1) is 38.0. The molecule has 263 valence electrons. The van der Waals surface area contributed by atoms with Gasteiger partial charge in [-0.2, -0.15) is 0 Å². The van der Waals surface area contributed by atoms with E-state index in [1.165, 1.54) is 21.9 Å². The molecule has 1 unspecified atom stereocenters. The van der Waals surface area contributed by atoms with Gasteiger partial charge >= 0.3 is 0 Å². The second-order valence-corrected chi connectivity index (χ2v) is 20.4. The Labute approximate surface area is 316 Å². The summed E-state index contributed by atoms with van der Waals surface area (Å²) >= 11 is 0. The first-order valence-corrected chi connectivity index (χ1v) is 20.8. The summed E-state index contributed by atoms with van der Waals surface area (Å²) in [5.74, 6) is 0.0916. The Bertz CT molecular complexity index is 2270. The number of para-hydroxylation sites is 1. The van der Waals surface area contributed by atoms with Crippen LogP contribution in [0.5, 0.6) is 0 Å².